The highest BCUT2D eigenvalue weighted by Gasteiger charge is 2.62. The minimum Gasteiger partial charge on any atom is -0.462 e. The van der Waals surface area contributed by atoms with E-state index in [4.69, 9.17) is 4.74 Å². The summed E-state index contributed by atoms with van der Waals surface area (Å²) >= 11 is 0. The summed E-state index contributed by atoms with van der Waals surface area (Å²) in [7, 11) is 0. The number of aliphatic hydroxyl groups is 2. The molecule has 4 saturated carbocycles. The van der Waals surface area contributed by atoms with Crippen LogP contribution in [0.3, 0.4) is 0 Å². The second-order valence-corrected chi connectivity index (χ2v) is 10.2. The molecule has 0 radical (unpaired) electrons. The van der Waals surface area contributed by atoms with Crippen LogP contribution in [-0.4, -0.2) is 35.0 Å². The number of fused-ring (bicyclic) bond motifs is 5. The molecule has 148 valence electrons. The zero-order valence-corrected chi connectivity index (χ0v) is 16.6. The van der Waals surface area contributed by atoms with Crippen molar-refractivity contribution in [2.45, 2.75) is 84.3 Å². The average Bonchev–Trinajstić information content (AvgIpc) is 2.91. The molecule has 0 amide bonds. The number of hydrogen-bond acceptors (Lipinski definition) is 4. The molecule has 0 bridgehead atoms. The van der Waals surface area contributed by atoms with Gasteiger partial charge >= 0.3 is 5.97 Å². The van der Waals surface area contributed by atoms with Crippen molar-refractivity contribution in [3.05, 3.63) is 0 Å². The lowest BCUT2D eigenvalue weighted by atomic mass is 9.43. The molecule has 9 atom stereocenters. The topological polar surface area (TPSA) is 66.8 Å². The van der Waals surface area contributed by atoms with E-state index in [-0.39, 0.29) is 41.5 Å². The molecule has 4 nitrogen and oxygen atoms in total. The van der Waals surface area contributed by atoms with Crippen LogP contribution >= 0.6 is 0 Å². The summed E-state index contributed by atoms with van der Waals surface area (Å²) in [6.45, 7) is 6.47. The molecule has 0 heterocycles. The Hall–Kier alpha value is -0.610. The predicted molar refractivity (Wildman–Crippen MR) is 99.2 cm³/mol. The summed E-state index contributed by atoms with van der Waals surface area (Å²) in [4.78, 5) is 11.6. The van der Waals surface area contributed by atoms with Gasteiger partial charge in [0.15, 0.2) is 0 Å². The molecular weight excluding hydrogens is 328 g/mol. The Morgan fingerprint density at radius 2 is 1.62 bits per heavy atom. The summed E-state index contributed by atoms with van der Waals surface area (Å²) in [5, 5.41) is 20.3. The first-order valence-electron chi connectivity index (χ1n) is 10.8. The van der Waals surface area contributed by atoms with Gasteiger partial charge in [-0.3, -0.25) is 4.79 Å². The van der Waals surface area contributed by atoms with E-state index in [0.717, 1.165) is 32.1 Å². The average molecular weight is 365 g/mol. The zero-order valence-electron chi connectivity index (χ0n) is 16.6. The zero-order chi connectivity index (χ0) is 18.7. The van der Waals surface area contributed by atoms with E-state index in [0.29, 0.717) is 23.7 Å². The van der Waals surface area contributed by atoms with Crippen LogP contribution in [0.1, 0.15) is 72.1 Å². The molecule has 0 aliphatic heterocycles. The maximum atomic E-state index is 11.6. The van der Waals surface area contributed by atoms with Crippen molar-refractivity contribution in [1.29, 1.82) is 0 Å². The van der Waals surface area contributed by atoms with Crippen molar-refractivity contribution in [1.82, 2.24) is 0 Å². The number of carbonyl (C=O) groups excluding carboxylic acids is 1. The maximum Gasteiger partial charge on any atom is 0.302 e. The van der Waals surface area contributed by atoms with Crippen LogP contribution in [0.25, 0.3) is 0 Å². The van der Waals surface area contributed by atoms with Gasteiger partial charge in [0.25, 0.3) is 0 Å². The molecule has 0 aromatic heterocycles. The molecule has 0 aromatic carbocycles. The van der Waals surface area contributed by atoms with Gasteiger partial charge < -0.3 is 14.9 Å². The van der Waals surface area contributed by atoms with Gasteiger partial charge in [-0.2, -0.15) is 0 Å². The van der Waals surface area contributed by atoms with Crippen LogP contribution < -0.4 is 0 Å². The Morgan fingerprint density at radius 1 is 0.962 bits per heavy atom. The second-order valence-electron chi connectivity index (χ2n) is 10.2. The minimum absolute atomic E-state index is 0.0559. The van der Waals surface area contributed by atoms with Gasteiger partial charge in [-0.1, -0.05) is 13.8 Å². The quantitative estimate of drug-likeness (QED) is 0.736. The van der Waals surface area contributed by atoms with Crippen molar-refractivity contribution in [2.75, 3.05) is 6.61 Å². The highest BCUT2D eigenvalue weighted by molar-refractivity contribution is 5.66. The van der Waals surface area contributed by atoms with Crippen molar-refractivity contribution in [2.24, 2.45) is 40.4 Å². The molecular formula is C22H36O4. The molecule has 4 heteroatoms. The van der Waals surface area contributed by atoms with E-state index in [1.165, 1.54) is 26.2 Å². The van der Waals surface area contributed by atoms with Gasteiger partial charge in [-0.25, -0.2) is 0 Å². The summed E-state index contributed by atoms with van der Waals surface area (Å²) < 4.78 is 5.74. The van der Waals surface area contributed by atoms with Crippen molar-refractivity contribution < 1.29 is 19.7 Å². The Kier molecular flexibility index (Phi) is 4.67. The third-order valence-corrected chi connectivity index (χ3v) is 9.36. The normalized spacial score (nSPS) is 53.3. The second kappa shape index (κ2) is 6.48. The SMILES string of the molecule is CC(=O)O[C@H]1CC[C@H]2[C@@H]3CC[C@H]4[C@H](CO)[C@H](O)CC[C@]4(C)[C@H]3CC[C@]12C. The number of hydrogen-bond donors (Lipinski definition) is 2. The van der Waals surface area contributed by atoms with E-state index >= 15 is 0 Å². The fraction of sp³-hybridized carbons (Fsp3) is 0.955. The third-order valence-electron chi connectivity index (χ3n) is 9.36. The summed E-state index contributed by atoms with van der Waals surface area (Å²) in [5.74, 6) is 2.43. The van der Waals surface area contributed by atoms with E-state index in [2.05, 4.69) is 13.8 Å². The highest BCUT2D eigenvalue weighted by Crippen LogP contribution is 2.67. The smallest absolute Gasteiger partial charge is 0.302 e. The Labute approximate surface area is 157 Å². The van der Waals surface area contributed by atoms with Crippen LogP contribution in [0.2, 0.25) is 0 Å². The van der Waals surface area contributed by atoms with Gasteiger partial charge in [-0.15, -0.1) is 0 Å². The van der Waals surface area contributed by atoms with Crippen LogP contribution in [0, 0.1) is 40.4 Å². The monoisotopic (exact) mass is 364 g/mol. The van der Waals surface area contributed by atoms with Crippen LogP contribution in [0.4, 0.5) is 0 Å². The van der Waals surface area contributed by atoms with E-state index in [1.54, 1.807) is 0 Å². The van der Waals surface area contributed by atoms with Gasteiger partial charge in [-0.05, 0) is 80.5 Å². The molecule has 0 unspecified atom stereocenters. The van der Waals surface area contributed by atoms with E-state index in [1.807, 2.05) is 0 Å². The summed E-state index contributed by atoms with van der Waals surface area (Å²) in [6, 6.07) is 0. The summed E-state index contributed by atoms with van der Waals surface area (Å²) in [6.07, 6.45) is 8.57. The first-order chi connectivity index (χ1) is 12.3. The molecule has 4 rings (SSSR count). The largest absolute Gasteiger partial charge is 0.462 e. The number of esters is 1. The molecule has 4 aliphatic carbocycles. The molecule has 0 spiro atoms. The number of carbonyl (C=O) groups is 1. The van der Waals surface area contributed by atoms with Crippen molar-refractivity contribution >= 4 is 5.97 Å². The molecule has 26 heavy (non-hydrogen) atoms. The van der Waals surface area contributed by atoms with Crippen LogP contribution in [0.15, 0.2) is 0 Å². The van der Waals surface area contributed by atoms with E-state index in [9.17, 15) is 15.0 Å². The van der Waals surface area contributed by atoms with Crippen LogP contribution in [0.5, 0.6) is 0 Å². The number of aliphatic hydroxyl groups excluding tert-OH is 2. The lowest BCUT2D eigenvalue weighted by Gasteiger charge is -2.62. The fourth-order valence-corrected chi connectivity index (χ4v) is 8.10. The third kappa shape index (κ3) is 2.58. The lowest BCUT2D eigenvalue weighted by Crippen LogP contribution is -2.57. The Balaban J connectivity index is 1.59. The number of ether oxygens (including phenoxy) is 1. The van der Waals surface area contributed by atoms with Gasteiger partial charge in [0.05, 0.1) is 6.10 Å². The molecule has 4 fully saturated rings. The number of rotatable bonds is 2. The van der Waals surface area contributed by atoms with Crippen molar-refractivity contribution in [3.63, 3.8) is 0 Å². The predicted octanol–water partition coefficient (Wildman–Crippen LogP) is 3.54. The molecule has 0 saturated heterocycles. The van der Waals surface area contributed by atoms with E-state index < -0.39 is 0 Å². The Bertz CT molecular complexity index is 562. The van der Waals surface area contributed by atoms with Gasteiger partial charge in [0.2, 0.25) is 0 Å². The molecule has 4 aliphatic rings. The van der Waals surface area contributed by atoms with Crippen molar-refractivity contribution in [3.8, 4) is 0 Å². The first kappa shape index (κ1) is 18.7. The fourth-order valence-electron chi connectivity index (χ4n) is 8.10. The van der Waals surface area contributed by atoms with Gasteiger partial charge in [0.1, 0.15) is 6.10 Å². The van der Waals surface area contributed by atoms with Crippen LogP contribution in [-0.2, 0) is 9.53 Å². The molecule has 2 N–H and O–H groups in total. The summed E-state index contributed by atoms with van der Waals surface area (Å²) in [5.41, 5.74) is 0.386. The lowest BCUT2D eigenvalue weighted by molar-refractivity contribution is -0.172. The molecule has 0 aromatic rings. The standard InChI is InChI=1S/C22H36O4/c1-13(24)26-20-7-6-16-14-4-5-17-15(12-23)19(25)9-11-21(17,2)18(14)8-10-22(16,20)3/h14-20,23,25H,4-12H2,1-3H3/t14-,15-,16-,17-,18-,19+,20-,21-,22-/m0/s1. The Morgan fingerprint density at radius 3 is 2.31 bits per heavy atom. The highest BCUT2D eigenvalue weighted by atomic mass is 16.5. The maximum absolute atomic E-state index is 11.6. The van der Waals surface area contributed by atoms with Gasteiger partial charge in [0, 0.05) is 24.9 Å². The first-order valence-corrected chi connectivity index (χ1v) is 10.8. The minimum atomic E-state index is -0.330.